The minimum atomic E-state index is 0. The van der Waals surface area contributed by atoms with Crippen LogP contribution in [0.25, 0.3) is 0 Å². The van der Waals surface area contributed by atoms with Gasteiger partial charge >= 0.3 is 0 Å². The van der Waals surface area contributed by atoms with Gasteiger partial charge < -0.3 is 15.0 Å². The number of anilines is 1. The van der Waals surface area contributed by atoms with Crippen LogP contribution < -0.4 is 15.0 Å². The van der Waals surface area contributed by atoms with Gasteiger partial charge in [-0.3, -0.25) is 4.79 Å². The molecule has 1 aliphatic heterocycles. The first-order valence-electron chi connectivity index (χ1n) is 5.49. The molecule has 1 amide bonds. The quantitative estimate of drug-likeness (QED) is 0.890. The van der Waals surface area contributed by atoms with Gasteiger partial charge in [0.25, 0.3) is 0 Å². The van der Waals surface area contributed by atoms with Gasteiger partial charge in [0.1, 0.15) is 12.4 Å². The van der Waals surface area contributed by atoms with Crippen LogP contribution in [0.5, 0.6) is 5.75 Å². The number of nitrogens with zero attached hydrogens (tertiary/aromatic N) is 1. The lowest BCUT2D eigenvalue weighted by Crippen LogP contribution is -2.38. The van der Waals surface area contributed by atoms with Gasteiger partial charge in [0.2, 0.25) is 5.91 Å². The predicted octanol–water partition coefficient (Wildman–Crippen LogP) is 1.44. The van der Waals surface area contributed by atoms with Gasteiger partial charge in [0.05, 0.1) is 12.2 Å². The van der Waals surface area contributed by atoms with Gasteiger partial charge in [-0.2, -0.15) is 0 Å². The lowest BCUT2D eigenvalue weighted by Gasteiger charge is -2.29. The number of carbonyl (C=O) groups excluding carboxylic acids is 1. The van der Waals surface area contributed by atoms with Gasteiger partial charge in [0.15, 0.2) is 0 Å². The molecule has 1 aromatic rings. The first-order valence-corrected chi connectivity index (χ1v) is 5.49. The summed E-state index contributed by atoms with van der Waals surface area (Å²) in [6.45, 7) is 1.92. The summed E-state index contributed by atoms with van der Waals surface area (Å²) in [6.07, 6.45) is 0.519. The monoisotopic (exact) mass is 256 g/mol. The van der Waals surface area contributed by atoms with E-state index in [0.717, 1.165) is 11.4 Å². The molecule has 17 heavy (non-hydrogen) atoms. The van der Waals surface area contributed by atoms with Crippen molar-refractivity contribution in [2.45, 2.75) is 6.42 Å². The summed E-state index contributed by atoms with van der Waals surface area (Å²) in [6, 6.07) is 7.66. The molecule has 1 aliphatic rings. The molecule has 1 heterocycles. The Hall–Kier alpha value is -1.26. The minimum absolute atomic E-state index is 0. The maximum absolute atomic E-state index is 12.0. The van der Waals surface area contributed by atoms with E-state index in [9.17, 15) is 4.79 Å². The van der Waals surface area contributed by atoms with Crippen molar-refractivity contribution in [3.8, 4) is 5.75 Å². The zero-order chi connectivity index (χ0) is 11.4. The summed E-state index contributed by atoms with van der Waals surface area (Å²) in [7, 11) is 1.85. The fourth-order valence-corrected chi connectivity index (χ4v) is 1.80. The number of ether oxygens (including phenoxy) is 1. The van der Waals surface area contributed by atoms with E-state index in [2.05, 4.69) is 5.32 Å². The van der Waals surface area contributed by atoms with Crippen LogP contribution in [-0.2, 0) is 4.79 Å². The number of nitrogens with one attached hydrogen (secondary N) is 1. The summed E-state index contributed by atoms with van der Waals surface area (Å²) in [5.74, 6) is 0.941. The molecule has 0 bridgehead atoms. The Morgan fingerprint density at radius 1 is 1.47 bits per heavy atom. The number of para-hydroxylation sites is 2. The number of hydrogen-bond acceptors (Lipinski definition) is 3. The van der Waals surface area contributed by atoms with E-state index in [1.54, 1.807) is 4.90 Å². The average molecular weight is 257 g/mol. The number of rotatable bonds is 3. The normalized spacial score (nSPS) is 13.4. The van der Waals surface area contributed by atoms with Crippen molar-refractivity contribution >= 4 is 24.0 Å². The van der Waals surface area contributed by atoms with E-state index in [4.69, 9.17) is 4.74 Å². The maximum atomic E-state index is 12.0. The Balaban J connectivity index is 0.00000144. The van der Waals surface area contributed by atoms with E-state index < -0.39 is 0 Å². The second-order valence-corrected chi connectivity index (χ2v) is 3.72. The highest BCUT2D eigenvalue weighted by atomic mass is 35.5. The van der Waals surface area contributed by atoms with E-state index in [1.807, 2.05) is 31.3 Å². The molecule has 0 atom stereocenters. The average Bonchev–Trinajstić information content (AvgIpc) is 2.35. The second kappa shape index (κ2) is 6.47. The molecule has 4 nitrogen and oxygen atoms in total. The predicted molar refractivity (Wildman–Crippen MR) is 70.1 cm³/mol. The van der Waals surface area contributed by atoms with Crippen molar-refractivity contribution in [2.24, 2.45) is 0 Å². The first-order chi connectivity index (χ1) is 7.83. The number of amides is 1. The molecule has 0 unspecified atom stereocenters. The smallest absolute Gasteiger partial charge is 0.228 e. The molecule has 0 spiro atoms. The number of halogens is 1. The van der Waals surface area contributed by atoms with Crippen molar-refractivity contribution in [3.63, 3.8) is 0 Å². The van der Waals surface area contributed by atoms with Crippen LogP contribution in [0, 0.1) is 0 Å². The third-order valence-electron chi connectivity index (χ3n) is 2.62. The van der Waals surface area contributed by atoms with E-state index >= 15 is 0 Å². The van der Waals surface area contributed by atoms with Gasteiger partial charge in [0, 0.05) is 13.0 Å². The Labute approximate surface area is 107 Å². The fourth-order valence-electron chi connectivity index (χ4n) is 1.80. The lowest BCUT2D eigenvalue weighted by molar-refractivity contribution is -0.118. The van der Waals surface area contributed by atoms with Crippen molar-refractivity contribution in [2.75, 3.05) is 31.6 Å². The summed E-state index contributed by atoms with van der Waals surface area (Å²) >= 11 is 0. The van der Waals surface area contributed by atoms with Gasteiger partial charge in [-0.25, -0.2) is 0 Å². The Kier molecular flexibility index (Phi) is 5.25. The van der Waals surface area contributed by atoms with E-state index in [1.165, 1.54) is 0 Å². The van der Waals surface area contributed by atoms with Crippen LogP contribution >= 0.6 is 12.4 Å². The van der Waals surface area contributed by atoms with Crippen molar-refractivity contribution in [1.82, 2.24) is 5.32 Å². The summed E-state index contributed by atoms with van der Waals surface area (Å²) < 4.78 is 5.50. The Bertz CT molecular complexity index is 385. The van der Waals surface area contributed by atoms with Crippen LogP contribution in [-0.4, -0.2) is 32.7 Å². The zero-order valence-electron chi connectivity index (χ0n) is 9.81. The zero-order valence-corrected chi connectivity index (χ0v) is 10.6. The third kappa shape index (κ3) is 3.11. The number of hydrogen-bond donors (Lipinski definition) is 1. The van der Waals surface area contributed by atoms with Crippen LogP contribution in [0.1, 0.15) is 6.42 Å². The highest BCUT2D eigenvalue weighted by molar-refractivity contribution is 5.95. The molecular formula is C12H17ClN2O2. The molecule has 2 rings (SSSR count). The van der Waals surface area contributed by atoms with Crippen LogP contribution in [0.3, 0.4) is 0 Å². The van der Waals surface area contributed by atoms with E-state index in [-0.39, 0.29) is 18.3 Å². The number of carbonyl (C=O) groups is 1. The Morgan fingerprint density at radius 3 is 3.00 bits per heavy atom. The number of fused-ring (bicyclic) bond motifs is 1. The largest absolute Gasteiger partial charge is 0.490 e. The molecule has 0 fully saturated rings. The van der Waals surface area contributed by atoms with Crippen molar-refractivity contribution in [3.05, 3.63) is 24.3 Å². The molecule has 5 heteroatoms. The van der Waals surface area contributed by atoms with Crippen LogP contribution in [0.2, 0.25) is 0 Å². The number of benzene rings is 1. The molecule has 94 valence electrons. The highest BCUT2D eigenvalue weighted by Gasteiger charge is 2.22. The molecule has 0 radical (unpaired) electrons. The molecule has 0 aromatic heterocycles. The molecule has 1 aromatic carbocycles. The fraction of sp³-hybridized carbons (Fsp3) is 0.417. The standard InChI is InChI=1S/C12H16N2O2.ClH/c1-13-7-6-12(15)14-8-9-16-11-5-3-2-4-10(11)14;/h2-5,13H,6-9H2,1H3;1H. The summed E-state index contributed by atoms with van der Waals surface area (Å²) in [4.78, 5) is 13.8. The molecule has 0 saturated carbocycles. The topological polar surface area (TPSA) is 41.6 Å². The molecule has 1 N–H and O–H groups in total. The van der Waals surface area contributed by atoms with Gasteiger partial charge in [-0.15, -0.1) is 12.4 Å². The van der Waals surface area contributed by atoms with E-state index in [0.29, 0.717) is 26.1 Å². The molecule has 0 aliphatic carbocycles. The van der Waals surface area contributed by atoms with Crippen LogP contribution in [0.4, 0.5) is 5.69 Å². The summed E-state index contributed by atoms with van der Waals surface area (Å²) in [5, 5.41) is 2.98. The lowest BCUT2D eigenvalue weighted by atomic mass is 10.2. The van der Waals surface area contributed by atoms with Gasteiger partial charge in [-0.1, -0.05) is 12.1 Å². The molecule has 0 saturated heterocycles. The maximum Gasteiger partial charge on any atom is 0.228 e. The van der Waals surface area contributed by atoms with Crippen molar-refractivity contribution in [1.29, 1.82) is 0 Å². The minimum Gasteiger partial charge on any atom is -0.490 e. The molecular weight excluding hydrogens is 240 g/mol. The highest BCUT2D eigenvalue weighted by Crippen LogP contribution is 2.31. The second-order valence-electron chi connectivity index (χ2n) is 3.72. The third-order valence-corrected chi connectivity index (χ3v) is 2.62. The van der Waals surface area contributed by atoms with Gasteiger partial charge in [-0.05, 0) is 19.2 Å². The van der Waals surface area contributed by atoms with Crippen molar-refractivity contribution < 1.29 is 9.53 Å². The first kappa shape index (κ1) is 13.8. The van der Waals surface area contributed by atoms with Crippen LogP contribution in [0.15, 0.2) is 24.3 Å². The Morgan fingerprint density at radius 2 is 2.24 bits per heavy atom. The SMILES string of the molecule is CNCCC(=O)N1CCOc2ccccc21.Cl. The summed E-state index contributed by atoms with van der Waals surface area (Å²) in [5.41, 5.74) is 0.884.